The molecule has 0 saturated carbocycles. The van der Waals surface area contributed by atoms with Crippen LogP contribution >= 0.6 is 0 Å². The molecule has 20 heavy (non-hydrogen) atoms. The number of rotatable bonds is 7. The Kier molecular flexibility index (Phi) is 5.71. The first-order valence-electron chi connectivity index (χ1n) is 6.61. The Morgan fingerprint density at radius 3 is 2.50 bits per heavy atom. The van der Waals surface area contributed by atoms with Gasteiger partial charge in [-0.15, -0.1) is 0 Å². The average molecular weight is 299 g/mol. The second-order valence-electron chi connectivity index (χ2n) is 4.77. The lowest BCUT2D eigenvalue weighted by Crippen LogP contribution is -2.29. The minimum absolute atomic E-state index is 0.0213. The molecule has 0 bridgehead atoms. The number of carboxylic acid groups (broad SMARTS) is 1. The van der Waals surface area contributed by atoms with Crippen LogP contribution in [0.4, 0.5) is 0 Å². The molecule has 0 atom stereocenters. The lowest BCUT2D eigenvalue weighted by molar-refractivity contribution is 0.0696. The van der Waals surface area contributed by atoms with Gasteiger partial charge in [-0.1, -0.05) is 25.8 Å². The number of unbranched alkanes of at least 4 members (excludes halogenated alkanes) is 2. The zero-order chi connectivity index (χ0) is 15.3. The summed E-state index contributed by atoms with van der Waals surface area (Å²) in [4.78, 5) is 11.1. The van der Waals surface area contributed by atoms with Crippen molar-refractivity contribution in [2.75, 3.05) is 13.6 Å². The van der Waals surface area contributed by atoms with Crippen LogP contribution in [-0.2, 0) is 10.0 Å². The van der Waals surface area contributed by atoms with Crippen LogP contribution in [0.3, 0.4) is 0 Å². The summed E-state index contributed by atoms with van der Waals surface area (Å²) in [5.74, 6) is -1.12. The van der Waals surface area contributed by atoms with Crippen molar-refractivity contribution in [1.29, 1.82) is 0 Å². The molecular weight excluding hydrogens is 278 g/mol. The van der Waals surface area contributed by atoms with Crippen molar-refractivity contribution >= 4 is 16.0 Å². The Labute approximate surface area is 120 Å². The quantitative estimate of drug-likeness (QED) is 0.785. The molecule has 0 heterocycles. The highest BCUT2D eigenvalue weighted by Crippen LogP contribution is 2.22. The highest BCUT2D eigenvalue weighted by atomic mass is 32.2. The lowest BCUT2D eigenvalue weighted by atomic mass is 10.1. The Hall–Kier alpha value is -1.40. The van der Waals surface area contributed by atoms with Gasteiger partial charge in [0.15, 0.2) is 0 Å². The van der Waals surface area contributed by atoms with Gasteiger partial charge in [0.05, 0.1) is 10.5 Å². The van der Waals surface area contributed by atoms with E-state index in [0.29, 0.717) is 6.54 Å². The number of carbonyl (C=O) groups is 1. The minimum atomic E-state index is -3.64. The van der Waals surface area contributed by atoms with Crippen LogP contribution in [0.15, 0.2) is 23.1 Å². The fourth-order valence-electron chi connectivity index (χ4n) is 2.00. The number of aromatic carboxylic acids is 1. The number of carboxylic acids is 1. The normalized spacial score (nSPS) is 11.8. The first kappa shape index (κ1) is 16.7. The highest BCUT2D eigenvalue weighted by Gasteiger charge is 2.24. The number of nitrogens with zero attached hydrogens (tertiary/aromatic N) is 1. The number of hydrogen-bond donors (Lipinski definition) is 1. The SMILES string of the molecule is CCCCCN(C)S(=O)(=O)c1cccc(C(=O)O)c1C. The van der Waals surface area contributed by atoms with E-state index in [1.54, 1.807) is 0 Å². The van der Waals surface area contributed by atoms with Gasteiger partial charge in [-0.2, -0.15) is 0 Å². The van der Waals surface area contributed by atoms with Gasteiger partial charge >= 0.3 is 5.97 Å². The molecule has 0 aromatic heterocycles. The third kappa shape index (κ3) is 3.58. The van der Waals surface area contributed by atoms with Crippen LogP contribution in [0.5, 0.6) is 0 Å². The molecule has 1 N–H and O–H groups in total. The van der Waals surface area contributed by atoms with Crippen molar-refractivity contribution in [3.05, 3.63) is 29.3 Å². The fraction of sp³-hybridized carbons (Fsp3) is 0.500. The van der Waals surface area contributed by atoms with Crippen molar-refractivity contribution in [2.24, 2.45) is 0 Å². The molecule has 0 unspecified atom stereocenters. The van der Waals surface area contributed by atoms with Crippen LogP contribution in [0.2, 0.25) is 0 Å². The van der Waals surface area contributed by atoms with E-state index < -0.39 is 16.0 Å². The van der Waals surface area contributed by atoms with Gasteiger partial charge in [0, 0.05) is 13.6 Å². The van der Waals surface area contributed by atoms with Crippen molar-refractivity contribution in [3.63, 3.8) is 0 Å². The Morgan fingerprint density at radius 1 is 1.30 bits per heavy atom. The summed E-state index contributed by atoms with van der Waals surface area (Å²) in [6.07, 6.45) is 2.78. The molecular formula is C14H21NO4S. The molecule has 1 rings (SSSR count). The van der Waals surface area contributed by atoms with E-state index in [4.69, 9.17) is 5.11 Å². The Balaban J connectivity index is 3.10. The van der Waals surface area contributed by atoms with Crippen molar-refractivity contribution < 1.29 is 18.3 Å². The second kappa shape index (κ2) is 6.85. The second-order valence-corrected chi connectivity index (χ2v) is 6.78. The molecule has 5 nitrogen and oxygen atoms in total. The first-order chi connectivity index (χ1) is 9.32. The maximum absolute atomic E-state index is 12.5. The molecule has 0 aliphatic rings. The monoisotopic (exact) mass is 299 g/mol. The Bertz CT molecular complexity index is 581. The average Bonchev–Trinajstić information content (AvgIpc) is 2.38. The molecule has 0 fully saturated rings. The van der Waals surface area contributed by atoms with E-state index in [2.05, 4.69) is 6.92 Å². The van der Waals surface area contributed by atoms with Gasteiger partial charge in [-0.25, -0.2) is 17.5 Å². The van der Waals surface area contributed by atoms with Gasteiger partial charge in [-0.05, 0) is 31.0 Å². The van der Waals surface area contributed by atoms with Crippen LogP contribution in [-0.4, -0.2) is 37.4 Å². The summed E-state index contributed by atoms with van der Waals surface area (Å²) in [5, 5.41) is 9.06. The van der Waals surface area contributed by atoms with E-state index >= 15 is 0 Å². The maximum Gasteiger partial charge on any atom is 0.335 e. The van der Waals surface area contributed by atoms with Crippen LogP contribution in [0, 0.1) is 6.92 Å². The zero-order valence-corrected chi connectivity index (χ0v) is 12.9. The van der Waals surface area contributed by atoms with Gasteiger partial charge in [0.25, 0.3) is 0 Å². The van der Waals surface area contributed by atoms with Crippen molar-refractivity contribution in [3.8, 4) is 0 Å². The third-order valence-corrected chi connectivity index (χ3v) is 5.28. The molecule has 0 spiro atoms. The number of hydrogen-bond acceptors (Lipinski definition) is 3. The van der Waals surface area contributed by atoms with E-state index in [-0.39, 0.29) is 16.0 Å². The molecule has 0 amide bonds. The lowest BCUT2D eigenvalue weighted by Gasteiger charge is -2.19. The molecule has 112 valence electrons. The van der Waals surface area contributed by atoms with Crippen molar-refractivity contribution in [1.82, 2.24) is 4.31 Å². The molecule has 1 aromatic carbocycles. The van der Waals surface area contributed by atoms with E-state index in [1.807, 2.05) is 0 Å². The van der Waals surface area contributed by atoms with Gasteiger partial charge < -0.3 is 5.11 Å². The van der Waals surface area contributed by atoms with Crippen molar-refractivity contribution in [2.45, 2.75) is 38.0 Å². The largest absolute Gasteiger partial charge is 0.478 e. The molecule has 6 heteroatoms. The van der Waals surface area contributed by atoms with Crippen LogP contribution < -0.4 is 0 Å². The fourth-order valence-corrected chi connectivity index (χ4v) is 3.45. The van der Waals surface area contributed by atoms with Gasteiger partial charge in [0.2, 0.25) is 10.0 Å². The molecule has 0 radical (unpaired) electrons. The predicted molar refractivity (Wildman–Crippen MR) is 77.5 cm³/mol. The van der Waals surface area contributed by atoms with E-state index in [9.17, 15) is 13.2 Å². The Morgan fingerprint density at radius 2 is 1.95 bits per heavy atom. The molecule has 1 aromatic rings. The predicted octanol–water partition coefficient (Wildman–Crippen LogP) is 2.50. The standard InChI is InChI=1S/C14H21NO4S/c1-4-5-6-10-15(3)20(18,19)13-9-7-8-12(11(13)2)14(16)17/h7-9H,4-6,10H2,1-3H3,(H,16,17). The van der Waals surface area contributed by atoms with E-state index in [0.717, 1.165) is 19.3 Å². The third-order valence-electron chi connectivity index (χ3n) is 3.28. The van der Waals surface area contributed by atoms with Gasteiger partial charge in [-0.3, -0.25) is 0 Å². The summed E-state index contributed by atoms with van der Waals surface area (Å²) in [6, 6.07) is 4.32. The maximum atomic E-state index is 12.5. The summed E-state index contributed by atoms with van der Waals surface area (Å²) in [6.45, 7) is 4.01. The summed E-state index contributed by atoms with van der Waals surface area (Å²) < 4.78 is 26.2. The topological polar surface area (TPSA) is 74.7 Å². The smallest absolute Gasteiger partial charge is 0.335 e. The van der Waals surface area contributed by atoms with E-state index in [1.165, 1.54) is 36.5 Å². The van der Waals surface area contributed by atoms with Gasteiger partial charge in [0.1, 0.15) is 0 Å². The van der Waals surface area contributed by atoms with Crippen LogP contribution in [0.1, 0.15) is 42.1 Å². The molecule has 0 saturated heterocycles. The summed E-state index contributed by atoms with van der Waals surface area (Å²) in [5.41, 5.74) is 0.301. The van der Waals surface area contributed by atoms with Crippen LogP contribution in [0.25, 0.3) is 0 Å². The molecule has 0 aliphatic carbocycles. The molecule has 0 aliphatic heterocycles. The summed E-state index contributed by atoms with van der Waals surface area (Å²) >= 11 is 0. The zero-order valence-electron chi connectivity index (χ0n) is 12.1. The first-order valence-corrected chi connectivity index (χ1v) is 8.05. The summed E-state index contributed by atoms with van der Waals surface area (Å²) in [7, 11) is -2.11. The number of sulfonamides is 1. The number of benzene rings is 1. The highest BCUT2D eigenvalue weighted by molar-refractivity contribution is 7.89. The minimum Gasteiger partial charge on any atom is -0.478 e.